The van der Waals surface area contributed by atoms with Gasteiger partial charge in [0.2, 0.25) is 0 Å². The average Bonchev–Trinajstić information content (AvgIpc) is 2.69. The Balaban J connectivity index is 2.02. The maximum absolute atomic E-state index is 11.3. The van der Waals surface area contributed by atoms with E-state index in [1.165, 1.54) is 0 Å². The quantitative estimate of drug-likeness (QED) is 0.795. The molecule has 0 spiro atoms. The molecule has 0 radical (unpaired) electrons. The molecule has 84 valence electrons. The summed E-state index contributed by atoms with van der Waals surface area (Å²) in [6.45, 7) is 0.430. The van der Waals surface area contributed by atoms with Gasteiger partial charge >= 0.3 is 0 Å². The molecule has 1 aromatic heterocycles. The van der Waals surface area contributed by atoms with E-state index >= 15 is 0 Å². The smallest absolute Gasteiger partial charge is 0.134 e. The minimum absolute atomic E-state index is 0.197. The molecule has 4 heteroatoms. The zero-order valence-electron chi connectivity index (χ0n) is 9.07. The Bertz CT molecular complexity index is 457. The van der Waals surface area contributed by atoms with Gasteiger partial charge in [-0.3, -0.25) is 4.79 Å². The normalized spacial score (nSPS) is 10.8. The number of aryl methyl sites for hydroxylation is 1. The van der Waals surface area contributed by atoms with E-state index in [4.69, 9.17) is 5.73 Å². The monoisotopic (exact) mass is 217 g/mol. The fraction of sp³-hybridized carbons (Fsp3) is 0.333. The molecule has 1 aromatic carbocycles. The van der Waals surface area contributed by atoms with Crippen molar-refractivity contribution >= 4 is 16.8 Å². The van der Waals surface area contributed by atoms with Crippen molar-refractivity contribution in [2.75, 3.05) is 6.54 Å². The van der Waals surface area contributed by atoms with Crippen molar-refractivity contribution in [3.63, 3.8) is 0 Å². The molecular weight excluding hydrogens is 202 g/mol. The van der Waals surface area contributed by atoms with Crippen LogP contribution in [-0.4, -0.2) is 22.3 Å². The second-order valence-corrected chi connectivity index (χ2v) is 3.78. The molecule has 0 bridgehead atoms. The molecule has 0 aliphatic heterocycles. The molecule has 0 amide bonds. The van der Waals surface area contributed by atoms with Gasteiger partial charge in [-0.15, -0.1) is 0 Å². The second kappa shape index (κ2) is 4.90. The third-order valence-corrected chi connectivity index (χ3v) is 2.50. The lowest BCUT2D eigenvalue weighted by molar-refractivity contribution is -0.118. The van der Waals surface area contributed by atoms with Gasteiger partial charge in [0.25, 0.3) is 0 Å². The third kappa shape index (κ3) is 2.46. The van der Waals surface area contributed by atoms with E-state index < -0.39 is 0 Å². The zero-order valence-corrected chi connectivity index (χ0v) is 9.07. The predicted octanol–water partition coefficient (Wildman–Crippen LogP) is 1.41. The summed E-state index contributed by atoms with van der Waals surface area (Å²) in [5, 5.41) is 0. The molecule has 0 saturated carbocycles. The number of para-hydroxylation sites is 2. The summed E-state index contributed by atoms with van der Waals surface area (Å²) >= 11 is 0. The lowest BCUT2D eigenvalue weighted by Gasteiger charge is -1.95. The summed E-state index contributed by atoms with van der Waals surface area (Å²) in [7, 11) is 0. The number of nitrogens with one attached hydrogen (secondary N) is 1. The molecule has 1 heterocycles. The number of carbonyl (C=O) groups excluding carboxylic acids is 1. The highest BCUT2D eigenvalue weighted by molar-refractivity contribution is 5.79. The summed E-state index contributed by atoms with van der Waals surface area (Å²) in [5.41, 5.74) is 7.28. The van der Waals surface area contributed by atoms with Crippen LogP contribution in [0.5, 0.6) is 0 Å². The molecule has 0 aliphatic carbocycles. The van der Waals surface area contributed by atoms with E-state index in [1.54, 1.807) is 0 Å². The molecule has 4 nitrogen and oxygen atoms in total. The van der Waals surface area contributed by atoms with Gasteiger partial charge in [0.05, 0.1) is 11.0 Å². The minimum Gasteiger partial charge on any atom is -0.342 e. The van der Waals surface area contributed by atoms with Crippen molar-refractivity contribution in [1.82, 2.24) is 9.97 Å². The zero-order chi connectivity index (χ0) is 11.4. The summed E-state index contributed by atoms with van der Waals surface area (Å²) in [6, 6.07) is 7.85. The number of nitrogens with two attached hydrogens (primary N) is 1. The van der Waals surface area contributed by atoms with E-state index in [0.717, 1.165) is 16.9 Å². The second-order valence-electron chi connectivity index (χ2n) is 3.78. The van der Waals surface area contributed by atoms with Crippen LogP contribution < -0.4 is 5.73 Å². The largest absolute Gasteiger partial charge is 0.342 e. The van der Waals surface area contributed by atoms with Crippen LogP contribution in [0, 0.1) is 0 Å². The van der Waals surface area contributed by atoms with Crippen molar-refractivity contribution in [2.45, 2.75) is 19.3 Å². The highest BCUT2D eigenvalue weighted by Gasteiger charge is 2.05. The van der Waals surface area contributed by atoms with Gasteiger partial charge in [-0.2, -0.15) is 0 Å². The van der Waals surface area contributed by atoms with Crippen LogP contribution in [0.25, 0.3) is 11.0 Å². The number of aromatic amines is 1. The first kappa shape index (κ1) is 10.8. The minimum atomic E-state index is 0.197. The van der Waals surface area contributed by atoms with E-state index in [2.05, 4.69) is 9.97 Å². The Morgan fingerprint density at radius 1 is 1.31 bits per heavy atom. The van der Waals surface area contributed by atoms with Gasteiger partial charge in [-0.1, -0.05) is 12.1 Å². The van der Waals surface area contributed by atoms with E-state index in [9.17, 15) is 4.79 Å². The Morgan fingerprint density at radius 3 is 2.88 bits per heavy atom. The number of benzene rings is 1. The number of fused-ring (bicyclic) bond motifs is 1. The maximum Gasteiger partial charge on any atom is 0.134 e. The van der Waals surface area contributed by atoms with Crippen molar-refractivity contribution in [3.05, 3.63) is 30.1 Å². The lowest BCUT2D eigenvalue weighted by atomic mass is 10.1. The number of rotatable bonds is 5. The summed E-state index contributed by atoms with van der Waals surface area (Å²) in [4.78, 5) is 18.9. The molecular formula is C12H15N3O. The SMILES string of the molecule is NCCC(=O)CCc1nc2ccccc2[nH]1. The molecule has 2 rings (SSSR count). The number of nitrogens with zero attached hydrogens (tertiary/aromatic N) is 1. The predicted molar refractivity (Wildman–Crippen MR) is 63.1 cm³/mol. The van der Waals surface area contributed by atoms with Gasteiger partial charge in [0, 0.05) is 19.3 Å². The van der Waals surface area contributed by atoms with Crippen LogP contribution in [0.1, 0.15) is 18.7 Å². The first-order valence-electron chi connectivity index (χ1n) is 5.45. The van der Waals surface area contributed by atoms with Crippen molar-refractivity contribution < 1.29 is 4.79 Å². The molecule has 0 unspecified atom stereocenters. The summed E-state index contributed by atoms with van der Waals surface area (Å²) in [5.74, 6) is 1.06. The van der Waals surface area contributed by atoms with Crippen molar-refractivity contribution in [1.29, 1.82) is 0 Å². The Morgan fingerprint density at radius 2 is 2.12 bits per heavy atom. The topological polar surface area (TPSA) is 71.8 Å². The van der Waals surface area contributed by atoms with Gasteiger partial charge in [-0.25, -0.2) is 4.98 Å². The van der Waals surface area contributed by atoms with Crippen molar-refractivity contribution in [3.8, 4) is 0 Å². The maximum atomic E-state index is 11.3. The first-order valence-corrected chi connectivity index (χ1v) is 5.45. The van der Waals surface area contributed by atoms with Crippen LogP contribution >= 0.6 is 0 Å². The Kier molecular flexibility index (Phi) is 3.31. The van der Waals surface area contributed by atoms with Gasteiger partial charge in [-0.05, 0) is 18.7 Å². The number of hydrogen-bond donors (Lipinski definition) is 2. The first-order chi connectivity index (χ1) is 7.79. The fourth-order valence-corrected chi connectivity index (χ4v) is 1.67. The number of H-pyrrole nitrogens is 1. The average molecular weight is 217 g/mol. The number of imidazole rings is 1. The van der Waals surface area contributed by atoms with Crippen LogP contribution in [0.15, 0.2) is 24.3 Å². The Labute approximate surface area is 93.9 Å². The number of ketones is 1. The van der Waals surface area contributed by atoms with Crippen LogP contribution in [0.2, 0.25) is 0 Å². The standard InChI is InChI=1S/C12H15N3O/c13-8-7-9(16)5-6-12-14-10-3-1-2-4-11(10)15-12/h1-4H,5-8,13H2,(H,14,15). The number of hydrogen-bond acceptors (Lipinski definition) is 3. The lowest BCUT2D eigenvalue weighted by Crippen LogP contribution is -2.08. The number of Topliss-reactive ketones (excluding diaryl/α,β-unsaturated/α-hetero) is 1. The van der Waals surface area contributed by atoms with Gasteiger partial charge in [0.15, 0.2) is 0 Å². The molecule has 3 N–H and O–H groups in total. The highest BCUT2D eigenvalue weighted by Crippen LogP contribution is 2.11. The highest BCUT2D eigenvalue weighted by atomic mass is 16.1. The van der Waals surface area contributed by atoms with Gasteiger partial charge in [0.1, 0.15) is 11.6 Å². The Hall–Kier alpha value is -1.68. The number of aromatic nitrogens is 2. The third-order valence-electron chi connectivity index (χ3n) is 2.50. The van der Waals surface area contributed by atoms with Gasteiger partial charge < -0.3 is 10.7 Å². The molecule has 0 atom stereocenters. The molecule has 0 fully saturated rings. The van der Waals surface area contributed by atoms with Crippen LogP contribution in [-0.2, 0) is 11.2 Å². The van der Waals surface area contributed by atoms with E-state index in [-0.39, 0.29) is 5.78 Å². The van der Waals surface area contributed by atoms with Crippen LogP contribution in [0.4, 0.5) is 0 Å². The summed E-state index contributed by atoms with van der Waals surface area (Å²) in [6.07, 6.45) is 1.63. The summed E-state index contributed by atoms with van der Waals surface area (Å²) < 4.78 is 0. The van der Waals surface area contributed by atoms with E-state index in [1.807, 2.05) is 24.3 Å². The number of carbonyl (C=O) groups is 1. The molecule has 2 aromatic rings. The fourth-order valence-electron chi connectivity index (χ4n) is 1.67. The molecule has 0 saturated heterocycles. The van der Waals surface area contributed by atoms with E-state index in [0.29, 0.717) is 25.8 Å². The molecule has 16 heavy (non-hydrogen) atoms. The van der Waals surface area contributed by atoms with Crippen LogP contribution in [0.3, 0.4) is 0 Å². The van der Waals surface area contributed by atoms with Crippen molar-refractivity contribution in [2.24, 2.45) is 5.73 Å². The molecule has 0 aliphatic rings.